The van der Waals surface area contributed by atoms with E-state index < -0.39 is 0 Å². The lowest BCUT2D eigenvalue weighted by atomic mass is 10.0. The van der Waals surface area contributed by atoms with Crippen molar-refractivity contribution in [1.29, 1.82) is 0 Å². The fraction of sp³-hybridized carbons (Fsp3) is 0.500. The first-order valence-corrected chi connectivity index (χ1v) is 7.63. The molecule has 2 rings (SSSR count). The van der Waals surface area contributed by atoms with Crippen molar-refractivity contribution in [3.05, 3.63) is 34.3 Å². The maximum atomic E-state index is 12.0. The third-order valence-corrected chi connectivity index (χ3v) is 4.78. The minimum absolute atomic E-state index is 0.0568. The van der Waals surface area contributed by atoms with Gasteiger partial charge in [-0.25, -0.2) is 0 Å². The molecule has 18 heavy (non-hydrogen) atoms. The number of nitrogens with one attached hydrogen (secondary N) is 1. The van der Waals surface area contributed by atoms with Gasteiger partial charge in [0.2, 0.25) is 5.91 Å². The van der Waals surface area contributed by atoms with Gasteiger partial charge < -0.3 is 5.32 Å². The Hall–Kier alpha value is -0.480. The lowest BCUT2D eigenvalue weighted by Gasteiger charge is -2.17. The summed E-state index contributed by atoms with van der Waals surface area (Å²) in [5, 5.41) is 3.06. The van der Waals surface area contributed by atoms with Gasteiger partial charge in [0.05, 0.1) is 6.04 Å². The first-order chi connectivity index (χ1) is 8.54. The van der Waals surface area contributed by atoms with E-state index in [0.29, 0.717) is 6.42 Å². The van der Waals surface area contributed by atoms with Gasteiger partial charge in [0, 0.05) is 10.9 Å². The average molecular weight is 328 g/mol. The SMILES string of the molecule is CC(NC(=O)CC1(CS)CC1)c1ccc(Br)cc1. The fourth-order valence-corrected chi connectivity index (χ4v) is 2.73. The van der Waals surface area contributed by atoms with Crippen molar-refractivity contribution in [1.82, 2.24) is 5.32 Å². The second-order valence-electron chi connectivity index (χ2n) is 5.18. The van der Waals surface area contributed by atoms with E-state index in [4.69, 9.17) is 0 Å². The molecule has 1 atom stereocenters. The number of hydrogen-bond acceptors (Lipinski definition) is 2. The topological polar surface area (TPSA) is 29.1 Å². The molecule has 0 bridgehead atoms. The van der Waals surface area contributed by atoms with Crippen molar-refractivity contribution >= 4 is 34.5 Å². The van der Waals surface area contributed by atoms with Gasteiger partial charge >= 0.3 is 0 Å². The molecule has 0 saturated heterocycles. The quantitative estimate of drug-likeness (QED) is 0.793. The molecule has 0 radical (unpaired) electrons. The van der Waals surface area contributed by atoms with Crippen LogP contribution in [0, 0.1) is 5.41 Å². The van der Waals surface area contributed by atoms with Crippen LogP contribution in [0.25, 0.3) is 0 Å². The van der Waals surface area contributed by atoms with Crippen LogP contribution < -0.4 is 5.32 Å². The van der Waals surface area contributed by atoms with E-state index in [1.165, 1.54) is 0 Å². The van der Waals surface area contributed by atoms with E-state index in [-0.39, 0.29) is 17.4 Å². The summed E-state index contributed by atoms with van der Waals surface area (Å²) in [6.07, 6.45) is 2.88. The van der Waals surface area contributed by atoms with Gasteiger partial charge in [0.25, 0.3) is 0 Å². The Morgan fingerprint density at radius 3 is 2.56 bits per heavy atom. The second-order valence-corrected chi connectivity index (χ2v) is 6.41. The summed E-state index contributed by atoms with van der Waals surface area (Å²) in [5.74, 6) is 0.949. The molecular weight excluding hydrogens is 310 g/mol. The Bertz CT molecular complexity index is 428. The van der Waals surface area contributed by atoms with Gasteiger partial charge in [-0.05, 0) is 48.6 Å². The van der Waals surface area contributed by atoms with Crippen molar-refractivity contribution in [2.45, 2.75) is 32.2 Å². The standard InChI is InChI=1S/C14H18BrNOS/c1-10(11-2-4-12(15)5-3-11)16-13(17)8-14(9-18)6-7-14/h2-5,10,18H,6-9H2,1H3,(H,16,17). The van der Waals surface area contributed by atoms with Crippen LogP contribution in [-0.2, 0) is 4.79 Å². The molecule has 0 spiro atoms. The average Bonchev–Trinajstić information content (AvgIpc) is 3.10. The zero-order valence-electron chi connectivity index (χ0n) is 10.4. The highest BCUT2D eigenvalue weighted by molar-refractivity contribution is 9.10. The predicted octanol–water partition coefficient (Wildman–Crippen LogP) is 3.73. The predicted molar refractivity (Wildman–Crippen MR) is 80.8 cm³/mol. The zero-order valence-corrected chi connectivity index (χ0v) is 12.9. The number of carbonyl (C=O) groups is 1. The smallest absolute Gasteiger partial charge is 0.221 e. The van der Waals surface area contributed by atoms with E-state index >= 15 is 0 Å². The molecule has 2 nitrogen and oxygen atoms in total. The maximum absolute atomic E-state index is 12.0. The molecule has 1 aromatic rings. The van der Waals surface area contributed by atoms with Gasteiger partial charge in [0.15, 0.2) is 0 Å². The lowest BCUT2D eigenvalue weighted by molar-refractivity contribution is -0.122. The van der Waals surface area contributed by atoms with E-state index in [0.717, 1.165) is 28.6 Å². The van der Waals surface area contributed by atoms with Crippen LogP contribution in [0.15, 0.2) is 28.7 Å². The van der Waals surface area contributed by atoms with Crippen molar-refractivity contribution in [3.8, 4) is 0 Å². The van der Waals surface area contributed by atoms with Crippen LogP contribution in [0.5, 0.6) is 0 Å². The Morgan fingerprint density at radius 1 is 1.44 bits per heavy atom. The van der Waals surface area contributed by atoms with E-state index in [1.807, 2.05) is 31.2 Å². The normalized spacial score (nSPS) is 18.2. The van der Waals surface area contributed by atoms with Crippen LogP contribution in [0.2, 0.25) is 0 Å². The van der Waals surface area contributed by atoms with Crippen LogP contribution >= 0.6 is 28.6 Å². The highest BCUT2D eigenvalue weighted by Gasteiger charge is 2.42. The van der Waals surface area contributed by atoms with Crippen LogP contribution in [0.3, 0.4) is 0 Å². The molecule has 4 heteroatoms. The number of amides is 1. The van der Waals surface area contributed by atoms with Gasteiger partial charge in [0.1, 0.15) is 0 Å². The second kappa shape index (κ2) is 5.66. The summed E-state index contributed by atoms with van der Waals surface area (Å²) >= 11 is 7.73. The molecule has 1 fully saturated rings. The Labute approximate surface area is 122 Å². The molecule has 98 valence electrons. The first kappa shape index (κ1) is 13.9. The van der Waals surface area contributed by atoms with Crippen LogP contribution in [0.1, 0.15) is 37.8 Å². The molecule has 1 saturated carbocycles. The number of halogens is 1. The summed E-state index contributed by atoms with van der Waals surface area (Å²) < 4.78 is 1.05. The number of hydrogen-bond donors (Lipinski definition) is 2. The largest absolute Gasteiger partial charge is 0.350 e. The Morgan fingerprint density at radius 2 is 2.06 bits per heavy atom. The fourth-order valence-electron chi connectivity index (χ4n) is 2.04. The number of carbonyl (C=O) groups excluding carboxylic acids is 1. The molecule has 1 aliphatic carbocycles. The Kier molecular flexibility index (Phi) is 4.38. The summed E-state index contributed by atoms with van der Waals surface area (Å²) in [4.78, 5) is 12.0. The molecule has 1 aromatic carbocycles. The van der Waals surface area contributed by atoms with Crippen LogP contribution in [-0.4, -0.2) is 11.7 Å². The Balaban J connectivity index is 1.89. The monoisotopic (exact) mass is 327 g/mol. The third kappa shape index (κ3) is 3.51. The number of thiol groups is 1. The summed E-state index contributed by atoms with van der Waals surface area (Å²) in [5.41, 5.74) is 1.31. The third-order valence-electron chi connectivity index (χ3n) is 3.58. The highest BCUT2D eigenvalue weighted by atomic mass is 79.9. The zero-order chi connectivity index (χ0) is 13.2. The molecule has 1 N–H and O–H groups in total. The lowest BCUT2D eigenvalue weighted by Crippen LogP contribution is -2.29. The minimum Gasteiger partial charge on any atom is -0.350 e. The molecule has 1 unspecified atom stereocenters. The minimum atomic E-state index is 0.0568. The molecule has 0 aromatic heterocycles. The highest BCUT2D eigenvalue weighted by Crippen LogP contribution is 2.49. The maximum Gasteiger partial charge on any atom is 0.221 e. The van der Waals surface area contributed by atoms with Gasteiger partial charge in [-0.15, -0.1) is 0 Å². The summed E-state index contributed by atoms with van der Waals surface area (Å²) in [6.45, 7) is 2.02. The van der Waals surface area contributed by atoms with Gasteiger partial charge in [-0.3, -0.25) is 4.79 Å². The van der Waals surface area contributed by atoms with Crippen molar-refractivity contribution in [3.63, 3.8) is 0 Å². The molecule has 0 aliphatic heterocycles. The molecule has 0 heterocycles. The van der Waals surface area contributed by atoms with Crippen molar-refractivity contribution in [2.75, 3.05) is 5.75 Å². The molecule has 1 aliphatic rings. The van der Waals surface area contributed by atoms with Crippen molar-refractivity contribution in [2.24, 2.45) is 5.41 Å². The summed E-state index contributed by atoms with van der Waals surface area (Å²) in [7, 11) is 0. The summed E-state index contributed by atoms with van der Waals surface area (Å²) in [6, 6.07) is 8.10. The van der Waals surface area contributed by atoms with Crippen molar-refractivity contribution < 1.29 is 4.79 Å². The van der Waals surface area contributed by atoms with E-state index in [9.17, 15) is 4.79 Å². The van der Waals surface area contributed by atoms with Crippen LogP contribution in [0.4, 0.5) is 0 Å². The number of rotatable bonds is 5. The van der Waals surface area contributed by atoms with E-state index in [2.05, 4.69) is 33.9 Å². The number of benzene rings is 1. The van der Waals surface area contributed by atoms with E-state index in [1.54, 1.807) is 0 Å². The first-order valence-electron chi connectivity index (χ1n) is 6.20. The van der Waals surface area contributed by atoms with Gasteiger partial charge in [-0.1, -0.05) is 28.1 Å². The molecule has 1 amide bonds. The van der Waals surface area contributed by atoms with Gasteiger partial charge in [-0.2, -0.15) is 12.6 Å². The molecular formula is C14H18BrNOS.